The van der Waals surface area contributed by atoms with E-state index in [9.17, 15) is 55.9 Å². The van der Waals surface area contributed by atoms with E-state index in [2.05, 4.69) is 0 Å². The Morgan fingerprint density at radius 3 is 2.22 bits per heavy atom. The van der Waals surface area contributed by atoms with Gasteiger partial charge in [-0.15, -0.1) is 0 Å². The third-order valence-corrected chi connectivity index (χ3v) is 9.17. The molecule has 54 heavy (non-hydrogen) atoms. The Kier molecular flexibility index (Phi) is 14.1. The number of rotatable bonds is 13. The Morgan fingerprint density at radius 2 is 1.50 bits per heavy atom. The van der Waals surface area contributed by atoms with E-state index < -0.39 is 105 Å². The lowest BCUT2D eigenvalue weighted by molar-refractivity contribution is -0.362. The number of phenolic OH excluding ortho intramolecular Hbond substituents is 3. The van der Waals surface area contributed by atoms with Crippen LogP contribution in [0.25, 0.3) is 6.08 Å². The van der Waals surface area contributed by atoms with E-state index in [0.717, 1.165) is 6.08 Å². The molecule has 2 aromatic rings. The number of carbonyl (C=O) groups is 1. The van der Waals surface area contributed by atoms with Gasteiger partial charge in [0.05, 0.1) is 33.0 Å². The molecule has 0 bridgehead atoms. The molecule has 300 valence electrons. The molecule has 0 aliphatic carbocycles. The van der Waals surface area contributed by atoms with Crippen LogP contribution in [0, 0.1) is 0 Å². The third kappa shape index (κ3) is 9.76. The number of phenols is 3. The van der Waals surface area contributed by atoms with E-state index in [1.54, 1.807) is 0 Å². The summed E-state index contributed by atoms with van der Waals surface area (Å²) in [6.07, 6.45) is -19.6. The van der Waals surface area contributed by atoms with Crippen molar-refractivity contribution in [3.8, 4) is 23.0 Å². The maximum absolute atomic E-state index is 13.3. The minimum absolute atomic E-state index is 0.130. The zero-order valence-corrected chi connectivity index (χ0v) is 29.2. The van der Waals surface area contributed by atoms with Crippen molar-refractivity contribution in [2.24, 2.45) is 0 Å². The fourth-order valence-corrected chi connectivity index (χ4v) is 6.01. The number of methoxy groups -OCH3 is 1. The second kappa shape index (κ2) is 18.3. The summed E-state index contributed by atoms with van der Waals surface area (Å²) in [5, 5.41) is 103. The van der Waals surface area contributed by atoms with E-state index in [-0.39, 0.29) is 36.0 Å². The van der Waals surface area contributed by atoms with Gasteiger partial charge in [-0.3, -0.25) is 0 Å². The highest BCUT2D eigenvalue weighted by molar-refractivity contribution is 5.87. The Bertz CT molecular complexity index is 1570. The number of hydrogen-bond acceptors (Lipinski definition) is 19. The number of benzene rings is 2. The molecule has 19 nitrogen and oxygen atoms in total. The summed E-state index contributed by atoms with van der Waals surface area (Å²) in [5.74, 6) is -1.72. The number of hydrogen-bond donors (Lipinski definition) is 10. The zero-order valence-electron chi connectivity index (χ0n) is 29.2. The van der Waals surface area contributed by atoms with Crippen LogP contribution < -0.4 is 4.74 Å². The Morgan fingerprint density at radius 1 is 0.778 bits per heavy atom. The van der Waals surface area contributed by atoms with Crippen molar-refractivity contribution >= 4 is 12.0 Å². The van der Waals surface area contributed by atoms with Crippen molar-refractivity contribution in [3.63, 3.8) is 0 Å². The van der Waals surface area contributed by atoms with Gasteiger partial charge in [-0.1, -0.05) is 12.1 Å². The molecule has 10 N–H and O–H groups in total. The molecule has 3 fully saturated rings. The average molecular weight is 771 g/mol. The summed E-state index contributed by atoms with van der Waals surface area (Å²) in [6.45, 7) is 0.285. The molecular formula is C35H46O19. The molecule has 3 aliphatic rings. The molecule has 0 aromatic heterocycles. The van der Waals surface area contributed by atoms with Gasteiger partial charge in [-0.2, -0.15) is 0 Å². The first-order valence-electron chi connectivity index (χ1n) is 17.0. The van der Waals surface area contributed by atoms with Crippen molar-refractivity contribution in [2.45, 2.75) is 99.4 Å². The maximum Gasteiger partial charge on any atom is 0.331 e. The van der Waals surface area contributed by atoms with E-state index in [1.807, 2.05) is 0 Å². The normalized spacial score (nSPS) is 35.9. The van der Waals surface area contributed by atoms with E-state index >= 15 is 0 Å². The fraction of sp³-hybridized carbons (Fsp3) is 0.571. The van der Waals surface area contributed by atoms with Crippen molar-refractivity contribution in [1.82, 2.24) is 0 Å². The van der Waals surface area contributed by atoms with Crippen LogP contribution in [-0.2, 0) is 44.4 Å². The van der Waals surface area contributed by atoms with Gasteiger partial charge >= 0.3 is 5.97 Å². The van der Waals surface area contributed by atoms with Crippen molar-refractivity contribution in [3.05, 3.63) is 53.6 Å². The first-order chi connectivity index (χ1) is 25.7. The average Bonchev–Trinajstić information content (AvgIpc) is 3.15. The van der Waals surface area contributed by atoms with Crippen LogP contribution in [0.2, 0.25) is 0 Å². The molecule has 14 atom stereocenters. The van der Waals surface area contributed by atoms with E-state index in [1.165, 1.54) is 56.5 Å². The van der Waals surface area contributed by atoms with Crippen LogP contribution >= 0.6 is 0 Å². The molecule has 0 radical (unpaired) electrons. The molecule has 3 aliphatic heterocycles. The van der Waals surface area contributed by atoms with E-state index in [0.29, 0.717) is 11.1 Å². The van der Waals surface area contributed by atoms with Gasteiger partial charge in [0.25, 0.3) is 0 Å². The van der Waals surface area contributed by atoms with Crippen LogP contribution in [-0.4, -0.2) is 170 Å². The fourth-order valence-electron chi connectivity index (χ4n) is 6.01. The van der Waals surface area contributed by atoms with Crippen molar-refractivity contribution in [2.75, 3.05) is 26.9 Å². The lowest BCUT2D eigenvalue weighted by atomic mass is 9.96. The van der Waals surface area contributed by atoms with Gasteiger partial charge in [0.1, 0.15) is 54.9 Å². The summed E-state index contributed by atoms with van der Waals surface area (Å²) in [5.41, 5.74) is 0.964. The summed E-state index contributed by atoms with van der Waals surface area (Å²) in [7, 11) is 1.34. The monoisotopic (exact) mass is 770 g/mol. The summed E-state index contributed by atoms with van der Waals surface area (Å²) >= 11 is 0. The SMILES string of the molecule is COc1cc(/C=C/C(=O)O[C@H]2[C@H](O[C@@H]3O[C@@H](C)[C@H](O)[C@@H](O)[C@H]3O)[C@@H](O)[C@H](OCCc3ccc(O)c(O)c3)O[C@@H]2CO[C@@H]2OC[C@@H](O)[C@@H](O)[C@H]2O)ccc1O. The van der Waals surface area contributed by atoms with Crippen LogP contribution in [0.3, 0.4) is 0 Å². The predicted octanol–water partition coefficient (Wildman–Crippen LogP) is -2.25. The van der Waals surface area contributed by atoms with Crippen LogP contribution in [0.5, 0.6) is 23.0 Å². The second-order valence-corrected chi connectivity index (χ2v) is 13.0. The quantitative estimate of drug-likeness (QED) is 0.0585. The smallest absolute Gasteiger partial charge is 0.331 e. The number of esters is 1. The molecule has 19 heteroatoms. The second-order valence-electron chi connectivity index (χ2n) is 13.0. The highest BCUT2D eigenvalue weighted by atomic mass is 16.8. The number of aromatic hydroxyl groups is 3. The topological polar surface area (TPSA) is 293 Å². The van der Waals surface area contributed by atoms with Gasteiger partial charge in [0.2, 0.25) is 0 Å². The highest BCUT2D eigenvalue weighted by Gasteiger charge is 2.53. The minimum atomic E-state index is -1.85. The first-order valence-corrected chi connectivity index (χ1v) is 17.0. The van der Waals surface area contributed by atoms with Gasteiger partial charge in [0.15, 0.2) is 48.0 Å². The number of aliphatic hydroxyl groups is 7. The van der Waals surface area contributed by atoms with Gasteiger partial charge in [-0.05, 0) is 54.8 Å². The lowest BCUT2D eigenvalue weighted by Gasteiger charge is -2.47. The molecule has 3 heterocycles. The highest BCUT2D eigenvalue weighted by Crippen LogP contribution is 2.33. The van der Waals surface area contributed by atoms with Gasteiger partial charge < -0.3 is 89.0 Å². The standard InChI is InChI=1S/C35H46O19/c1-15-25(41)27(43)29(45)35(51-15)54-32-30(46)34(48-10-9-17-3-6-18(36)20(38)11-17)52-23(14-50-33-28(44)26(42)21(39)13-49-33)31(32)53-24(40)8-5-16-4-7-19(37)22(12-16)47-2/h3-8,11-12,15,21,23,25-39,41-46H,9-10,13-14H2,1-2H3/b8-5+/t15-,21+,23+,25-,26+,27+,28+,29+,30+,31+,32+,33-,34+,35-/m0/s1. The summed E-state index contributed by atoms with van der Waals surface area (Å²) in [4.78, 5) is 13.3. The Hall–Kier alpha value is -3.67. The van der Waals surface area contributed by atoms with Crippen LogP contribution in [0.15, 0.2) is 42.5 Å². The molecule has 0 spiro atoms. The molecule has 0 amide bonds. The Labute approximate surface area is 308 Å². The van der Waals surface area contributed by atoms with E-state index in [4.69, 9.17) is 37.9 Å². The zero-order chi connectivity index (χ0) is 39.3. The molecule has 3 saturated heterocycles. The maximum atomic E-state index is 13.3. The number of ether oxygens (including phenoxy) is 8. The predicted molar refractivity (Wildman–Crippen MR) is 179 cm³/mol. The van der Waals surface area contributed by atoms with Gasteiger partial charge in [0, 0.05) is 6.08 Å². The van der Waals surface area contributed by atoms with Crippen LogP contribution in [0.4, 0.5) is 0 Å². The number of aliphatic hydroxyl groups excluding tert-OH is 7. The Balaban J connectivity index is 1.42. The van der Waals surface area contributed by atoms with Crippen LogP contribution in [0.1, 0.15) is 18.1 Å². The van der Waals surface area contributed by atoms with Gasteiger partial charge in [-0.25, -0.2) is 4.79 Å². The molecule has 0 unspecified atom stereocenters. The minimum Gasteiger partial charge on any atom is -0.504 e. The largest absolute Gasteiger partial charge is 0.504 e. The molecular weight excluding hydrogens is 724 g/mol. The summed E-state index contributed by atoms with van der Waals surface area (Å²) < 4.78 is 45.4. The first kappa shape index (κ1) is 41.5. The number of carbonyl (C=O) groups excluding carboxylic acids is 1. The molecule has 5 rings (SSSR count). The lowest BCUT2D eigenvalue weighted by Crippen LogP contribution is -2.65. The van der Waals surface area contributed by atoms with Crippen molar-refractivity contribution in [1.29, 1.82) is 0 Å². The molecule has 0 saturated carbocycles. The van der Waals surface area contributed by atoms with Crippen molar-refractivity contribution < 1.29 is 93.8 Å². The third-order valence-electron chi connectivity index (χ3n) is 9.17. The summed E-state index contributed by atoms with van der Waals surface area (Å²) in [6, 6.07) is 8.39. The molecule has 2 aromatic carbocycles.